The first-order valence-corrected chi connectivity index (χ1v) is 9.66. The number of rotatable bonds is 4. The lowest BCUT2D eigenvalue weighted by Gasteiger charge is -2.16. The average Bonchev–Trinajstić information content (AvgIpc) is 3.20. The van der Waals surface area contributed by atoms with Gasteiger partial charge in [-0.25, -0.2) is 19.9 Å². The van der Waals surface area contributed by atoms with Gasteiger partial charge >= 0.3 is 6.36 Å². The van der Waals surface area contributed by atoms with Crippen LogP contribution in [0.2, 0.25) is 5.15 Å². The van der Waals surface area contributed by atoms with E-state index >= 15 is 0 Å². The van der Waals surface area contributed by atoms with Crippen molar-refractivity contribution in [3.63, 3.8) is 0 Å². The Bertz CT molecular complexity index is 1110. The Hall–Kier alpha value is -2.94. The molecule has 0 N–H and O–H groups in total. The molecule has 0 saturated carbocycles. The summed E-state index contributed by atoms with van der Waals surface area (Å²) in [5.74, 6) is 0.832. The molecule has 0 unspecified atom stereocenters. The molecule has 0 bridgehead atoms. The van der Waals surface area contributed by atoms with Crippen LogP contribution in [0.15, 0.2) is 24.3 Å². The van der Waals surface area contributed by atoms with E-state index in [1.807, 2.05) is 0 Å². The van der Waals surface area contributed by atoms with Crippen molar-refractivity contribution in [3.05, 3.63) is 46.6 Å². The van der Waals surface area contributed by atoms with Gasteiger partial charge in [0.05, 0.1) is 22.4 Å². The molecule has 156 valence electrons. The van der Waals surface area contributed by atoms with Crippen molar-refractivity contribution in [2.45, 2.75) is 26.1 Å². The summed E-state index contributed by atoms with van der Waals surface area (Å²) < 4.78 is 41.4. The molecule has 0 atom stereocenters. The quantitative estimate of drug-likeness (QED) is 0.534. The Balaban J connectivity index is 1.64. The molecule has 3 heterocycles. The van der Waals surface area contributed by atoms with Crippen LogP contribution in [-0.4, -0.2) is 39.4 Å². The zero-order chi connectivity index (χ0) is 21.3. The van der Waals surface area contributed by atoms with Gasteiger partial charge in [0.15, 0.2) is 5.82 Å². The van der Waals surface area contributed by atoms with Gasteiger partial charge in [-0.3, -0.25) is 0 Å². The van der Waals surface area contributed by atoms with Crippen LogP contribution in [0.3, 0.4) is 0 Å². The molecule has 10 heteroatoms. The number of alkyl halides is 3. The van der Waals surface area contributed by atoms with Crippen LogP contribution >= 0.6 is 11.6 Å². The monoisotopic (exact) mass is 435 g/mol. The first kappa shape index (κ1) is 20.3. The average molecular weight is 436 g/mol. The van der Waals surface area contributed by atoms with E-state index in [1.165, 1.54) is 18.2 Å². The van der Waals surface area contributed by atoms with Gasteiger partial charge in [-0.2, -0.15) is 0 Å². The van der Waals surface area contributed by atoms with E-state index in [9.17, 15) is 13.2 Å². The number of aryl methyl sites for hydroxylation is 1. The Labute approximate surface area is 175 Å². The molecule has 0 amide bonds. The maximum atomic E-state index is 12.5. The van der Waals surface area contributed by atoms with Crippen molar-refractivity contribution < 1.29 is 17.9 Å². The summed E-state index contributed by atoms with van der Waals surface area (Å²) in [6.07, 6.45) is 0.770. The number of nitrogens with zero attached hydrogens (tertiary/aromatic N) is 5. The third-order valence-corrected chi connectivity index (χ3v) is 4.79. The molecule has 0 radical (unpaired) electrons. The molecule has 1 saturated heterocycles. The molecule has 2 aromatic heterocycles. The number of fused-ring (bicyclic) bond motifs is 1. The van der Waals surface area contributed by atoms with Crippen LogP contribution < -0.4 is 9.64 Å². The van der Waals surface area contributed by atoms with Crippen LogP contribution in [0.4, 0.5) is 19.0 Å². The van der Waals surface area contributed by atoms with Gasteiger partial charge < -0.3 is 9.64 Å². The fourth-order valence-electron chi connectivity index (χ4n) is 3.25. The number of hydrogen-bond donors (Lipinski definition) is 0. The zero-order valence-electron chi connectivity index (χ0n) is 15.9. The van der Waals surface area contributed by atoms with Crippen LogP contribution in [0.25, 0.3) is 23.2 Å². The summed E-state index contributed by atoms with van der Waals surface area (Å²) in [6, 6.07) is 5.58. The fraction of sp³-hybridized carbons (Fsp3) is 0.300. The minimum Gasteiger partial charge on any atom is -0.406 e. The topological polar surface area (TPSA) is 64.0 Å². The number of ether oxygens (including phenoxy) is 1. The third-order valence-electron chi connectivity index (χ3n) is 4.60. The van der Waals surface area contributed by atoms with Crippen LogP contribution in [0.5, 0.6) is 5.75 Å². The second-order valence-corrected chi connectivity index (χ2v) is 7.21. The molecule has 0 spiro atoms. The highest BCUT2D eigenvalue weighted by Gasteiger charge is 2.31. The van der Waals surface area contributed by atoms with Crippen molar-refractivity contribution in [2.75, 3.05) is 18.0 Å². The number of aromatic nitrogens is 4. The lowest BCUT2D eigenvalue weighted by molar-refractivity contribution is -0.274. The van der Waals surface area contributed by atoms with Crippen molar-refractivity contribution in [1.82, 2.24) is 19.9 Å². The van der Waals surface area contributed by atoms with Gasteiger partial charge in [-0.05, 0) is 44.1 Å². The van der Waals surface area contributed by atoms with Crippen LogP contribution in [-0.2, 0) is 0 Å². The minimum atomic E-state index is -4.77. The van der Waals surface area contributed by atoms with E-state index in [-0.39, 0.29) is 11.3 Å². The molecule has 3 aromatic rings. The van der Waals surface area contributed by atoms with Gasteiger partial charge in [0.2, 0.25) is 0 Å². The van der Waals surface area contributed by atoms with E-state index in [0.29, 0.717) is 27.9 Å². The van der Waals surface area contributed by atoms with Crippen LogP contribution in [0, 0.1) is 6.92 Å². The molecule has 6 nitrogen and oxygen atoms in total. The molecular weight excluding hydrogens is 419 g/mol. The Morgan fingerprint density at radius 3 is 2.50 bits per heavy atom. The molecule has 1 aromatic carbocycles. The van der Waals surface area contributed by atoms with Crippen LogP contribution in [0.1, 0.15) is 30.1 Å². The first-order valence-electron chi connectivity index (χ1n) is 9.29. The maximum absolute atomic E-state index is 12.5. The van der Waals surface area contributed by atoms with E-state index in [4.69, 9.17) is 11.6 Å². The van der Waals surface area contributed by atoms with Gasteiger partial charge in [0.25, 0.3) is 0 Å². The molecule has 0 aliphatic carbocycles. The maximum Gasteiger partial charge on any atom is 0.573 e. The SMILES string of the molecule is Cc1nc2ccc(OC(F)(F)F)cc2nc1/C=C/c1nc(Cl)cc(N2CCCC2)n1. The predicted octanol–water partition coefficient (Wildman–Crippen LogP) is 5.05. The number of benzene rings is 1. The largest absolute Gasteiger partial charge is 0.573 e. The summed E-state index contributed by atoms with van der Waals surface area (Å²) in [5.41, 5.74) is 1.85. The lowest BCUT2D eigenvalue weighted by Crippen LogP contribution is -2.19. The highest BCUT2D eigenvalue weighted by Crippen LogP contribution is 2.26. The fourth-order valence-corrected chi connectivity index (χ4v) is 3.43. The van der Waals surface area contributed by atoms with Gasteiger partial charge in [0, 0.05) is 25.2 Å². The zero-order valence-corrected chi connectivity index (χ0v) is 16.7. The van der Waals surface area contributed by atoms with Crippen molar-refractivity contribution in [3.8, 4) is 5.75 Å². The normalized spacial score (nSPS) is 14.8. The summed E-state index contributed by atoms with van der Waals surface area (Å²) >= 11 is 6.14. The van der Waals surface area contributed by atoms with Crippen molar-refractivity contribution in [2.24, 2.45) is 0 Å². The molecule has 4 rings (SSSR count). The Morgan fingerprint density at radius 2 is 1.77 bits per heavy atom. The summed E-state index contributed by atoms with van der Waals surface area (Å²) in [7, 11) is 0. The number of halogens is 4. The third kappa shape index (κ3) is 4.79. The smallest absolute Gasteiger partial charge is 0.406 e. The standard InChI is InChI=1S/C20H17ClF3N5O/c1-12-14(26-16-10-13(30-20(22,23)24)4-5-15(16)25-12)6-7-18-27-17(21)11-19(28-18)29-8-2-3-9-29/h4-7,10-11H,2-3,8-9H2,1H3/b7-6+. The van der Waals surface area contributed by atoms with E-state index in [0.717, 1.165) is 31.7 Å². The first-order chi connectivity index (χ1) is 14.3. The van der Waals surface area contributed by atoms with Crippen molar-refractivity contribution >= 4 is 40.6 Å². The van der Waals surface area contributed by atoms with E-state index < -0.39 is 6.36 Å². The Morgan fingerprint density at radius 1 is 1.00 bits per heavy atom. The summed E-state index contributed by atoms with van der Waals surface area (Å²) in [5, 5.41) is 0.335. The number of anilines is 1. The molecule has 30 heavy (non-hydrogen) atoms. The van der Waals surface area contributed by atoms with E-state index in [2.05, 4.69) is 29.6 Å². The summed E-state index contributed by atoms with van der Waals surface area (Å²) in [6.45, 7) is 3.61. The second kappa shape index (κ2) is 8.06. The molecule has 1 fully saturated rings. The minimum absolute atomic E-state index is 0.284. The molecular formula is C20H17ClF3N5O. The number of hydrogen-bond acceptors (Lipinski definition) is 6. The second-order valence-electron chi connectivity index (χ2n) is 6.83. The highest BCUT2D eigenvalue weighted by atomic mass is 35.5. The molecule has 1 aliphatic rings. The van der Waals surface area contributed by atoms with E-state index in [1.54, 1.807) is 25.1 Å². The van der Waals surface area contributed by atoms with Gasteiger partial charge in [-0.1, -0.05) is 11.6 Å². The highest BCUT2D eigenvalue weighted by molar-refractivity contribution is 6.29. The van der Waals surface area contributed by atoms with Crippen molar-refractivity contribution in [1.29, 1.82) is 0 Å². The predicted molar refractivity (Wildman–Crippen MR) is 108 cm³/mol. The lowest BCUT2D eigenvalue weighted by atomic mass is 10.2. The Kier molecular flexibility index (Phi) is 5.46. The van der Waals surface area contributed by atoms with Gasteiger partial charge in [-0.15, -0.1) is 13.2 Å². The molecule has 1 aliphatic heterocycles. The summed E-state index contributed by atoms with van der Waals surface area (Å²) in [4.78, 5) is 19.7. The van der Waals surface area contributed by atoms with Gasteiger partial charge in [0.1, 0.15) is 16.7 Å².